The van der Waals surface area contributed by atoms with Crippen LogP contribution in [0.3, 0.4) is 0 Å². The van der Waals surface area contributed by atoms with E-state index in [1.54, 1.807) is 31.4 Å². The summed E-state index contributed by atoms with van der Waals surface area (Å²) in [6.07, 6.45) is 1.77. The zero-order chi connectivity index (χ0) is 17.6. The quantitative estimate of drug-likeness (QED) is 0.656. The summed E-state index contributed by atoms with van der Waals surface area (Å²) < 4.78 is 11.2. The lowest BCUT2D eigenvalue weighted by Gasteiger charge is -2.07. The summed E-state index contributed by atoms with van der Waals surface area (Å²) in [6, 6.07) is 7.01. The highest BCUT2D eigenvalue weighted by atomic mass is 16.5. The van der Waals surface area contributed by atoms with Crippen LogP contribution in [-0.4, -0.2) is 39.3 Å². The van der Waals surface area contributed by atoms with Gasteiger partial charge in [0, 0.05) is 20.1 Å². The van der Waals surface area contributed by atoms with Crippen molar-refractivity contribution in [3.63, 3.8) is 0 Å². The van der Waals surface area contributed by atoms with Crippen LogP contribution in [0.2, 0.25) is 0 Å². The Morgan fingerprint density at radius 1 is 1.36 bits per heavy atom. The molecule has 0 atom stereocenters. The Morgan fingerprint density at radius 3 is 3.04 bits per heavy atom. The first-order chi connectivity index (χ1) is 12.2. The predicted octanol–water partition coefficient (Wildman–Crippen LogP) is 0.285. The van der Waals surface area contributed by atoms with Crippen LogP contribution in [0, 0.1) is 0 Å². The van der Waals surface area contributed by atoms with E-state index in [0.717, 1.165) is 0 Å². The molecule has 0 aliphatic carbocycles. The minimum Gasteiger partial charge on any atom is -0.377 e. The Kier molecular flexibility index (Phi) is 5.14. The number of benzene rings is 1. The molecular formula is C16H17N5O4. The molecule has 25 heavy (non-hydrogen) atoms. The number of hydrogen-bond donors (Lipinski definition) is 1. The van der Waals surface area contributed by atoms with E-state index in [1.807, 2.05) is 0 Å². The lowest BCUT2D eigenvalue weighted by atomic mass is 10.2. The summed E-state index contributed by atoms with van der Waals surface area (Å²) in [4.78, 5) is 32.6. The Labute approximate surface area is 142 Å². The second-order valence-corrected chi connectivity index (χ2v) is 5.33. The molecule has 1 amide bonds. The standard InChI is InChI=1S/C16H17N5O4/c1-24-9-13-19-15(25-20-13)6-7-17-14(22)8-21-10-18-12-5-3-2-4-11(12)16(21)23/h2-5,10H,6-9H2,1H3,(H,17,22). The number of nitrogens with one attached hydrogen (secondary N) is 1. The number of carbonyl (C=O) groups is 1. The molecule has 0 unspecified atom stereocenters. The highest BCUT2D eigenvalue weighted by Crippen LogP contribution is 2.04. The van der Waals surface area contributed by atoms with E-state index in [1.165, 1.54) is 10.9 Å². The second-order valence-electron chi connectivity index (χ2n) is 5.33. The molecule has 0 saturated heterocycles. The molecule has 1 N–H and O–H groups in total. The number of hydrogen-bond acceptors (Lipinski definition) is 7. The molecule has 0 spiro atoms. The average Bonchev–Trinajstić information content (AvgIpc) is 3.05. The van der Waals surface area contributed by atoms with E-state index >= 15 is 0 Å². The summed E-state index contributed by atoms with van der Waals surface area (Å²) in [6.45, 7) is 0.492. The molecule has 0 fully saturated rings. The van der Waals surface area contributed by atoms with E-state index in [-0.39, 0.29) is 24.6 Å². The van der Waals surface area contributed by atoms with Gasteiger partial charge in [-0.1, -0.05) is 17.3 Å². The van der Waals surface area contributed by atoms with Crippen molar-refractivity contribution in [3.05, 3.63) is 52.7 Å². The first-order valence-corrected chi connectivity index (χ1v) is 7.68. The molecular weight excluding hydrogens is 326 g/mol. The van der Waals surface area contributed by atoms with Gasteiger partial charge in [0.05, 0.1) is 17.2 Å². The van der Waals surface area contributed by atoms with Gasteiger partial charge in [0.15, 0.2) is 5.82 Å². The maximum absolute atomic E-state index is 12.3. The fourth-order valence-electron chi connectivity index (χ4n) is 2.32. The number of amides is 1. The van der Waals surface area contributed by atoms with Crippen LogP contribution in [0.25, 0.3) is 10.9 Å². The molecule has 0 saturated carbocycles. The van der Waals surface area contributed by atoms with Crippen molar-refractivity contribution in [2.75, 3.05) is 13.7 Å². The zero-order valence-electron chi connectivity index (χ0n) is 13.6. The van der Waals surface area contributed by atoms with Crippen molar-refractivity contribution < 1.29 is 14.1 Å². The molecule has 0 radical (unpaired) electrons. The van der Waals surface area contributed by atoms with Gasteiger partial charge >= 0.3 is 0 Å². The lowest BCUT2D eigenvalue weighted by molar-refractivity contribution is -0.121. The van der Waals surface area contributed by atoms with Gasteiger partial charge in [-0.25, -0.2) is 4.98 Å². The van der Waals surface area contributed by atoms with Gasteiger partial charge in [-0.2, -0.15) is 4.98 Å². The van der Waals surface area contributed by atoms with Crippen molar-refractivity contribution in [3.8, 4) is 0 Å². The fourth-order valence-corrected chi connectivity index (χ4v) is 2.32. The minimum absolute atomic E-state index is 0.102. The van der Waals surface area contributed by atoms with Gasteiger partial charge in [0.2, 0.25) is 11.8 Å². The molecule has 3 aromatic rings. The molecule has 0 aliphatic heterocycles. The number of methoxy groups -OCH3 is 1. The van der Waals surface area contributed by atoms with Gasteiger partial charge in [-0.15, -0.1) is 0 Å². The normalized spacial score (nSPS) is 10.9. The van der Waals surface area contributed by atoms with Gasteiger partial charge in [-0.3, -0.25) is 14.2 Å². The molecule has 2 heterocycles. The minimum atomic E-state index is -0.296. The third-order valence-electron chi connectivity index (χ3n) is 3.49. The van der Waals surface area contributed by atoms with E-state index in [9.17, 15) is 9.59 Å². The lowest BCUT2D eigenvalue weighted by Crippen LogP contribution is -2.33. The Hall–Kier alpha value is -3.07. The van der Waals surface area contributed by atoms with Crippen LogP contribution < -0.4 is 10.9 Å². The van der Waals surface area contributed by atoms with E-state index < -0.39 is 0 Å². The smallest absolute Gasteiger partial charge is 0.261 e. The van der Waals surface area contributed by atoms with Gasteiger partial charge in [-0.05, 0) is 12.1 Å². The second kappa shape index (κ2) is 7.67. The summed E-state index contributed by atoms with van der Waals surface area (Å²) in [5.41, 5.74) is 0.356. The van der Waals surface area contributed by atoms with Crippen LogP contribution in [0.15, 0.2) is 39.9 Å². The van der Waals surface area contributed by atoms with Gasteiger partial charge in [0.1, 0.15) is 13.2 Å². The number of aromatic nitrogens is 4. The number of nitrogens with zero attached hydrogens (tertiary/aromatic N) is 4. The highest BCUT2D eigenvalue weighted by molar-refractivity contribution is 5.78. The maximum atomic E-state index is 12.3. The number of fused-ring (bicyclic) bond motifs is 1. The first kappa shape index (κ1) is 16.8. The molecule has 9 nitrogen and oxygen atoms in total. The first-order valence-electron chi connectivity index (χ1n) is 7.68. The topological polar surface area (TPSA) is 112 Å². The third kappa shape index (κ3) is 4.07. The Morgan fingerprint density at radius 2 is 2.20 bits per heavy atom. The number of para-hydroxylation sites is 1. The molecule has 2 aromatic heterocycles. The number of rotatable bonds is 7. The molecule has 0 bridgehead atoms. The predicted molar refractivity (Wildman–Crippen MR) is 87.7 cm³/mol. The summed E-state index contributed by atoms with van der Waals surface area (Å²) >= 11 is 0. The summed E-state index contributed by atoms with van der Waals surface area (Å²) in [7, 11) is 1.54. The largest absolute Gasteiger partial charge is 0.377 e. The molecule has 9 heteroatoms. The third-order valence-corrected chi connectivity index (χ3v) is 3.49. The number of carbonyl (C=O) groups excluding carboxylic acids is 1. The van der Waals surface area contributed by atoms with E-state index in [0.29, 0.717) is 35.6 Å². The van der Waals surface area contributed by atoms with Crippen molar-refractivity contribution >= 4 is 16.8 Å². The van der Waals surface area contributed by atoms with E-state index in [4.69, 9.17) is 9.26 Å². The van der Waals surface area contributed by atoms with Crippen molar-refractivity contribution in [2.24, 2.45) is 0 Å². The van der Waals surface area contributed by atoms with Crippen LogP contribution in [0.5, 0.6) is 0 Å². The highest BCUT2D eigenvalue weighted by Gasteiger charge is 2.09. The molecule has 0 aliphatic rings. The summed E-state index contributed by atoms with van der Waals surface area (Å²) in [5, 5.41) is 6.93. The molecule has 1 aromatic carbocycles. The van der Waals surface area contributed by atoms with Crippen LogP contribution in [0.4, 0.5) is 0 Å². The maximum Gasteiger partial charge on any atom is 0.261 e. The van der Waals surface area contributed by atoms with Crippen LogP contribution in [-0.2, 0) is 29.1 Å². The summed E-state index contributed by atoms with van der Waals surface area (Å²) in [5.74, 6) is 0.574. The molecule has 130 valence electrons. The number of ether oxygens (including phenoxy) is 1. The SMILES string of the molecule is COCc1noc(CCNC(=O)Cn2cnc3ccccc3c2=O)n1. The van der Waals surface area contributed by atoms with E-state index in [2.05, 4.69) is 20.4 Å². The average molecular weight is 343 g/mol. The Bertz CT molecular complexity index is 933. The Balaban J connectivity index is 1.55. The van der Waals surface area contributed by atoms with Gasteiger partial charge < -0.3 is 14.6 Å². The van der Waals surface area contributed by atoms with Crippen molar-refractivity contribution in [2.45, 2.75) is 19.6 Å². The van der Waals surface area contributed by atoms with Crippen LogP contribution in [0.1, 0.15) is 11.7 Å². The van der Waals surface area contributed by atoms with Crippen LogP contribution >= 0.6 is 0 Å². The van der Waals surface area contributed by atoms with Crippen molar-refractivity contribution in [1.82, 2.24) is 25.0 Å². The monoisotopic (exact) mass is 343 g/mol. The zero-order valence-corrected chi connectivity index (χ0v) is 13.6. The fraction of sp³-hybridized carbons (Fsp3) is 0.312. The molecule has 3 rings (SSSR count). The van der Waals surface area contributed by atoms with Crippen molar-refractivity contribution in [1.29, 1.82) is 0 Å². The van der Waals surface area contributed by atoms with Gasteiger partial charge in [0.25, 0.3) is 5.56 Å².